The van der Waals surface area contributed by atoms with Gasteiger partial charge in [0.1, 0.15) is 4.47 Å². The maximum Gasteiger partial charge on any atom is 0.282 e. The number of piperazine rings is 1. The average Bonchev–Trinajstić information content (AvgIpc) is 2.67. The first-order valence-electron chi connectivity index (χ1n) is 9.46. The maximum atomic E-state index is 12.6. The van der Waals surface area contributed by atoms with Crippen LogP contribution in [0, 0.1) is 5.92 Å². The number of carbonyl (C=O) groups excluding carboxylic acids is 1. The van der Waals surface area contributed by atoms with E-state index >= 15 is 0 Å². The number of rotatable bonds is 4. The number of carbonyl (C=O) groups is 1. The van der Waals surface area contributed by atoms with Gasteiger partial charge in [-0.15, -0.1) is 0 Å². The quantitative estimate of drug-likeness (QED) is 0.727. The molecule has 0 N–H and O–H groups in total. The van der Waals surface area contributed by atoms with Crippen molar-refractivity contribution in [2.75, 3.05) is 50.7 Å². The molecule has 144 valence electrons. The van der Waals surface area contributed by atoms with Crippen LogP contribution in [0.5, 0.6) is 0 Å². The van der Waals surface area contributed by atoms with Gasteiger partial charge in [0.15, 0.2) is 0 Å². The average molecular weight is 426 g/mol. The summed E-state index contributed by atoms with van der Waals surface area (Å²) in [4.78, 5) is 31.2. The van der Waals surface area contributed by atoms with Gasteiger partial charge in [0.05, 0.1) is 11.9 Å². The van der Waals surface area contributed by atoms with Crippen molar-refractivity contribution in [2.24, 2.45) is 13.0 Å². The number of piperidine rings is 1. The molecule has 0 spiro atoms. The van der Waals surface area contributed by atoms with Crippen molar-refractivity contribution in [1.82, 2.24) is 19.6 Å². The van der Waals surface area contributed by atoms with E-state index in [0.29, 0.717) is 22.7 Å². The molecule has 1 aromatic rings. The number of halogens is 1. The summed E-state index contributed by atoms with van der Waals surface area (Å²) < 4.78 is 1.90. The molecule has 26 heavy (non-hydrogen) atoms. The van der Waals surface area contributed by atoms with Crippen LogP contribution in [0.25, 0.3) is 0 Å². The first-order chi connectivity index (χ1) is 12.5. The number of aryl methyl sites for hydroxylation is 1. The van der Waals surface area contributed by atoms with E-state index in [1.807, 2.05) is 4.90 Å². The topological polar surface area (TPSA) is 61.7 Å². The van der Waals surface area contributed by atoms with Crippen LogP contribution in [0.1, 0.15) is 26.2 Å². The highest BCUT2D eigenvalue weighted by molar-refractivity contribution is 9.10. The van der Waals surface area contributed by atoms with E-state index in [1.165, 1.54) is 4.68 Å². The van der Waals surface area contributed by atoms with Gasteiger partial charge in [0.2, 0.25) is 5.91 Å². The third kappa shape index (κ3) is 4.28. The zero-order chi connectivity index (χ0) is 18.7. The Labute approximate surface area is 163 Å². The number of anilines is 1. The van der Waals surface area contributed by atoms with Gasteiger partial charge in [-0.25, -0.2) is 4.68 Å². The van der Waals surface area contributed by atoms with Gasteiger partial charge in [-0.3, -0.25) is 9.59 Å². The third-order valence-corrected chi connectivity index (χ3v) is 6.40. The van der Waals surface area contributed by atoms with Crippen molar-refractivity contribution in [3.05, 3.63) is 21.0 Å². The second-order valence-electron chi connectivity index (χ2n) is 7.22. The molecule has 0 atom stereocenters. The summed E-state index contributed by atoms with van der Waals surface area (Å²) in [6, 6.07) is 0. The number of hydrogen-bond donors (Lipinski definition) is 0. The van der Waals surface area contributed by atoms with Gasteiger partial charge in [0.25, 0.3) is 5.56 Å². The first kappa shape index (κ1) is 19.4. The summed E-state index contributed by atoms with van der Waals surface area (Å²) in [6.45, 7) is 8.64. The van der Waals surface area contributed by atoms with E-state index < -0.39 is 0 Å². The lowest BCUT2D eigenvalue weighted by molar-refractivity contribution is -0.134. The summed E-state index contributed by atoms with van der Waals surface area (Å²) in [5.41, 5.74) is 0.736. The fourth-order valence-electron chi connectivity index (χ4n) is 3.79. The molecule has 1 amide bonds. The fraction of sp³-hybridized carbons (Fsp3) is 0.722. The molecule has 2 aliphatic heterocycles. The number of likely N-dealkylation sites (N-methyl/N-ethyl adjacent to an activating group) is 1. The monoisotopic (exact) mass is 425 g/mol. The van der Waals surface area contributed by atoms with Crippen LogP contribution in [0.15, 0.2) is 15.5 Å². The van der Waals surface area contributed by atoms with Gasteiger partial charge in [-0.1, -0.05) is 6.92 Å². The first-order valence-corrected chi connectivity index (χ1v) is 10.3. The summed E-state index contributed by atoms with van der Waals surface area (Å²) in [6.07, 6.45) is 4.34. The van der Waals surface area contributed by atoms with Crippen LogP contribution in [0.2, 0.25) is 0 Å². The fourth-order valence-corrected chi connectivity index (χ4v) is 4.40. The molecule has 2 saturated heterocycles. The van der Waals surface area contributed by atoms with Gasteiger partial charge < -0.3 is 14.7 Å². The number of aromatic nitrogens is 2. The summed E-state index contributed by atoms with van der Waals surface area (Å²) in [7, 11) is 1.65. The van der Waals surface area contributed by atoms with Crippen molar-refractivity contribution < 1.29 is 4.79 Å². The van der Waals surface area contributed by atoms with E-state index in [0.717, 1.165) is 64.3 Å². The van der Waals surface area contributed by atoms with Crippen LogP contribution in [0.4, 0.5) is 5.69 Å². The summed E-state index contributed by atoms with van der Waals surface area (Å²) in [5, 5.41) is 4.12. The minimum Gasteiger partial charge on any atom is -0.369 e. The van der Waals surface area contributed by atoms with Gasteiger partial charge >= 0.3 is 0 Å². The minimum atomic E-state index is -0.119. The van der Waals surface area contributed by atoms with Crippen molar-refractivity contribution in [3.8, 4) is 0 Å². The van der Waals surface area contributed by atoms with Crippen LogP contribution < -0.4 is 10.5 Å². The van der Waals surface area contributed by atoms with Crippen molar-refractivity contribution >= 4 is 27.5 Å². The highest BCUT2D eigenvalue weighted by Gasteiger charge is 2.27. The van der Waals surface area contributed by atoms with Gasteiger partial charge in [0, 0.05) is 52.7 Å². The van der Waals surface area contributed by atoms with Gasteiger partial charge in [-0.05, 0) is 41.2 Å². The molecule has 1 aromatic heterocycles. The zero-order valence-electron chi connectivity index (χ0n) is 15.7. The predicted octanol–water partition coefficient (Wildman–Crippen LogP) is 1.31. The lowest BCUT2D eigenvalue weighted by Gasteiger charge is -2.37. The molecule has 0 aliphatic carbocycles. The van der Waals surface area contributed by atoms with E-state index in [4.69, 9.17) is 0 Å². The van der Waals surface area contributed by atoms with E-state index in [-0.39, 0.29) is 5.56 Å². The van der Waals surface area contributed by atoms with E-state index in [9.17, 15) is 9.59 Å². The Morgan fingerprint density at radius 1 is 1.19 bits per heavy atom. The number of hydrogen-bond acceptors (Lipinski definition) is 5. The summed E-state index contributed by atoms with van der Waals surface area (Å²) >= 11 is 3.41. The Morgan fingerprint density at radius 2 is 1.85 bits per heavy atom. The lowest BCUT2D eigenvalue weighted by Crippen LogP contribution is -2.49. The number of amides is 1. The van der Waals surface area contributed by atoms with E-state index in [1.54, 1.807) is 13.2 Å². The largest absolute Gasteiger partial charge is 0.369 e. The molecule has 0 radical (unpaired) electrons. The molecule has 3 rings (SSSR count). The Balaban J connectivity index is 1.50. The molecular formula is C18H28BrN5O2. The molecular weight excluding hydrogens is 398 g/mol. The van der Waals surface area contributed by atoms with Crippen molar-refractivity contribution in [3.63, 3.8) is 0 Å². The molecule has 0 saturated carbocycles. The molecule has 0 unspecified atom stereocenters. The SMILES string of the molecule is CCN1CCN(C(=O)CC2CCN(c3cnn(C)c(=O)c3Br)CC2)CC1. The molecule has 0 aromatic carbocycles. The van der Waals surface area contributed by atoms with E-state index in [2.05, 4.69) is 37.8 Å². The Morgan fingerprint density at radius 3 is 2.46 bits per heavy atom. The van der Waals surface area contributed by atoms with Gasteiger partial charge in [-0.2, -0.15) is 5.10 Å². The Hall–Kier alpha value is -1.41. The van der Waals surface area contributed by atoms with Crippen LogP contribution in [0.3, 0.4) is 0 Å². The van der Waals surface area contributed by atoms with Crippen LogP contribution in [-0.2, 0) is 11.8 Å². The minimum absolute atomic E-state index is 0.119. The normalized spacial score (nSPS) is 19.8. The highest BCUT2D eigenvalue weighted by Crippen LogP contribution is 2.28. The molecule has 8 heteroatoms. The van der Waals surface area contributed by atoms with Crippen molar-refractivity contribution in [1.29, 1.82) is 0 Å². The molecule has 3 heterocycles. The Kier molecular flexibility index (Phi) is 6.34. The van der Waals surface area contributed by atoms with Crippen LogP contribution >= 0.6 is 15.9 Å². The zero-order valence-corrected chi connectivity index (χ0v) is 17.2. The Bertz CT molecular complexity index is 691. The third-order valence-electron chi connectivity index (χ3n) is 5.65. The maximum absolute atomic E-state index is 12.6. The summed E-state index contributed by atoms with van der Waals surface area (Å²) in [5.74, 6) is 0.733. The highest BCUT2D eigenvalue weighted by atomic mass is 79.9. The second-order valence-corrected chi connectivity index (χ2v) is 8.02. The molecule has 2 aliphatic rings. The van der Waals surface area contributed by atoms with Crippen molar-refractivity contribution in [2.45, 2.75) is 26.2 Å². The lowest BCUT2D eigenvalue weighted by atomic mass is 9.92. The smallest absolute Gasteiger partial charge is 0.282 e. The predicted molar refractivity (Wildman–Crippen MR) is 105 cm³/mol. The molecule has 7 nitrogen and oxygen atoms in total. The molecule has 0 bridgehead atoms. The second kappa shape index (κ2) is 8.52. The standard InChI is InChI=1S/C18H28BrN5O2/c1-3-22-8-10-24(11-9-22)16(25)12-14-4-6-23(7-5-14)15-13-20-21(2)18(26)17(15)19/h13-14H,3-12H2,1-2H3. The van der Waals surface area contributed by atoms with Crippen LogP contribution in [-0.4, -0.2) is 71.3 Å². The number of nitrogens with zero attached hydrogens (tertiary/aromatic N) is 5. The molecule has 2 fully saturated rings.